The van der Waals surface area contributed by atoms with E-state index >= 15 is 0 Å². The molecule has 2 aromatic rings. The molecule has 0 aliphatic heterocycles. The SMILES string of the molecule is CCC(=O)Oc1c(Cl)cccc1OC(C)c1ccccc1.[NaH]. The van der Waals surface area contributed by atoms with Crippen LogP contribution in [0.4, 0.5) is 0 Å². The molecule has 22 heavy (non-hydrogen) atoms. The summed E-state index contributed by atoms with van der Waals surface area (Å²) < 4.78 is 11.2. The fourth-order valence-corrected chi connectivity index (χ4v) is 2.05. The van der Waals surface area contributed by atoms with Crippen molar-refractivity contribution in [3.63, 3.8) is 0 Å². The average molecular weight is 329 g/mol. The molecule has 0 aliphatic rings. The van der Waals surface area contributed by atoms with E-state index < -0.39 is 0 Å². The van der Waals surface area contributed by atoms with Crippen LogP contribution in [0.1, 0.15) is 31.9 Å². The minimum atomic E-state index is -0.347. The van der Waals surface area contributed by atoms with Gasteiger partial charge in [-0.2, -0.15) is 0 Å². The molecule has 2 aromatic carbocycles. The van der Waals surface area contributed by atoms with Crippen LogP contribution in [0, 0.1) is 0 Å². The van der Waals surface area contributed by atoms with E-state index in [4.69, 9.17) is 21.1 Å². The molecule has 2 rings (SSSR count). The predicted molar refractivity (Wildman–Crippen MR) is 90.0 cm³/mol. The number of benzene rings is 2. The van der Waals surface area contributed by atoms with Gasteiger partial charge >= 0.3 is 35.5 Å². The van der Waals surface area contributed by atoms with Crippen LogP contribution < -0.4 is 9.47 Å². The topological polar surface area (TPSA) is 35.5 Å². The molecule has 0 amide bonds. The third kappa shape index (κ3) is 5.03. The second-order valence-corrected chi connectivity index (χ2v) is 4.97. The molecule has 0 aliphatic carbocycles. The van der Waals surface area contributed by atoms with Crippen molar-refractivity contribution in [1.29, 1.82) is 0 Å². The van der Waals surface area contributed by atoms with Crippen LogP contribution in [0.3, 0.4) is 0 Å². The van der Waals surface area contributed by atoms with E-state index in [1.807, 2.05) is 37.3 Å². The second kappa shape index (κ2) is 9.21. The van der Waals surface area contributed by atoms with Crippen LogP contribution >= 0.6 is 11.6 Å². The quantitative estimate of drug-likeness (QED) is 0.470. The van der Waals surface area contributed by atoms with Gasteiger partial charge in [-0.1, -0.05) is 54.9 Å². The van der Waals surface area contributed by atoms with Gasteiger partial charge in [-0.3, -0.25) is 4.79 Å². The van der Waals surface area contributed by atoms with Crippen molar-refractivity contribution in [1.82, 2.24) is 0 Å². The number of para-hydroxylation sites is 1. The number of hydrogen-bond donors (Lipinski definition) is 0. The van der Waals surface area contributed by atoms with Crippen molar-refractivity contribution in [3.8, 4) is 11.5 Å². The van der Waals surface area contributed by atoms with E-state index in [0.29, 0.717) is 10.8 Å². The van der Waals surface area contributed by atoms with E-state index in [9.17, 15) is 4.79 Å². The first-order valence-electron chi connectivity index (χ1n) is 6.82. The van der Waals surface area contributed by atoms with Crippen LogP contribution in [0.5, 0.6) is 11.5 Å². The van der Waals surface area contributed by atoms with E-state index in [2.05, 4.69) is 0 Å². The van der Waals surface area contributed by atoms with Gasteiger partial charge in [0.15, 0.2) is 11.5 Å². The van der Waals surface area contributed by atoms with Gasteiger partial charge in [0.1, 0.15) is 6.10 Å². The first-order chi connectivity index (χ1) is 10.1. The van der Waals surface area contributed by atoms with Gasteiger partial charge in [0.2, 0.25) is 0 Å². The Balaban J connectivity index is 0.00000242. The molecule has 1 unspecified atom stereocenters. The molecule has 0 fully saturated rings. The number of ether oxygens (including phenoxy) is 2. The van der Waals surface area contributed by atoms with Crippen molar-refractivity contribution in [2.75, 3.05) is 0 Å². The zero-order valence-corrected chi connectivity index (χ0v) is 12.8. The number of halogens is 1. The number of esters is 1. The molecule has 0 heterocycles. The summed E-state index contributed by atoms with van der Waals surface area (Å²) in [5.41, 5.74) is 1.03. The van der Waals surface area contributed by atoms with Crippen LogP contribution in [0.15, 0.2) is 48.5 Å². The third-order valence-electron chi connectivity index (χ3n) is 3.01. The van der Waals surface area contributed by atoms with E-state index in [-0.39, 0.29) is 53.8 Å². The van der Waals surface area contributed by atoms with Gasteiger partial charge in [-0.15, -0.1) is 0 Å². The van der Waals surface area contributed by atoms with Gasteiger partial charge < -0.3 is 9.47 Å². The summed E-state index contributed by atoms with van der Waals surface area (Å²) in [6, 6.07) is 15.0. The van der Waals surface area contributed by atoms with Crippen LogP contribution in [0.25, 0.3) is 0 Å². The third-order valence-corrected chi connectivity index (χ3v) is 3.31. The Morgan fingerprint density at radius 2 is 1.82 bits per heavy atom. The van der Waals surface area contributed by atoms with Gasteiger partial charge in [0, 0.05) is 6.42 Å². The molecule has 0 aromatic heterocycles. The second-order valence-electron chi connectivity index (χ2n) is 4.57. The summed E-state index contributed by atoms with van der Waals surface area (Å²) in [6.07, 6.45) is 0.0996. The maximum atomic E-state index is 11.5. The van der Waals surface area contributed by atoms with Crippen LogP contribution in [-0.4, -0.2) is 35.5 Å². The molecule has 1 atom stereocenters. The zero-order chi connectivity index (χ0) is 15.2. The molecule has 0 N–H and O–H groups in total. The van der Waals surface area contributed by atoms with Crippen molar-refractivity contribution >= 4 is 47.1 Å². The van der Waals surface area contributed by atoms with Crippen LogP contribution in [-0.2, 0) is 4.79 Å². The van der Waals surface area contributed by atoms with Gasteiger partial charge in [0.05, 0.1) is 5.02 Å². The average Bonchev–Trinajstić information content (AvgIpc) is 2.51. The summed E-state index contributed by atoms with van der Waals surface area (Å²) in [5, 5.41) is 0.356. The molecule has 0 radical (unpaired) electrons. The van der Waals surface area contributed by atoms with E-state index in [1.54, 1.807) is 25.1 Å². The Bertz CT molecular complexity index is 617. The van der Waals surface area contributed by atoms with Crippen molar-refractivity contribution in [2.45, 2.75) is 26.4 Å². The fraction of sp³-hybridized carbons (Fsp3) is 0.235. The van der Waals surface area contributed by atoms with E-state index in [0.717, 1.165) is 5.56 Å². The van der Waals surface area contributed by atoms with Crippen molar-refractivity contribution in [2.24, 2.45) is 0 Å². The Morgan fingerprint density at radius 1 is 1.14 bits per heavy atom. The monoisotopic (exact) mass is 328 g/mol. The number of carbonyl (C=O) groups excluding carboxylic acids is 1. The van der Waals surface area contributed by atoms with Crippen molar-refractivity contribution < 1.29 is 14.3 Å². The summed E-state index contributed by atoms with van der Waals surface area (Å²) in [7, 11) is 0. The normalized spacial score (nSPS) is 11.2. The van der Waals surface area contributed by atoms with E-state index in [1.165, 1.54) is 0 Å². The molecule has 0 bridgehead atoms. The van der Waals surface area contributed by atoms with Gasteiger partial charge in [0.25, 0.3) is 0 Å². The van der Waals surface area contributed by atoms with Gasteiger partial charge in [-0.05, 0) is 24.6 Å². The molecule has 0 saturated heterocycles. The summed E-state index contributed by atoms with van der Waals surface area (Å²) in [4.78, 5) is 11.5. The number of carbonyl (C=O) groups is 1. The zero-order valence-electron chi connectivity index (χ0n) is 12.0. The molecular weight excluding hydrogens is 311 g/mol. The minimum absolute atomic E-state index is 0. The summed E-state index contributed by atoms with van der Waals surface area (Å²) in [6.45, 7) is 3.66. The Hall–Kier alpha value is -1.000. The molecule has 112 valence electrons. The first-order valence-corrected chi connectivity index (χ1v) is 7.20. The Labute approximate surface area is 157 Å². The summed E-state index contributed by atoms with van der Waals surface area (Å²) >= 11 is 6.10. The fourth-order valence-electron chi connectivity index (χ4n) is 1.85. The van der Waals surface area contributed by atoms with Gasteiger partial charge in [-0.25, -0.2) is 0 Å². The molecule has 3 nitrogen and oxygen atoms in total. The molecule has 0 spiro atoms. The Morgan fingerprint density at radius 3 is 2.45 bits per heavy atom. The first kappa shape index (κ1) is 19.0. The number of hydrogen-bond acceptors (Lipinski definition) is 3. The van der Waals surface area contributed by atoms with Crippen LogP contribution in [0.2, 0.25) is 5.02 Å². The predicted octanol–water partition coefficient (Wildman–Crippen LogP) is 4.15. The Kier molecular flexibility index (Phi) is 7.97. The molecule has 0 saturated carbocycles. The molecular formula is C17H18ClNaO3. The standard InChI is InChI=1S/C17H17ClO3.Na.H/c1-3-16(19)21-17-14(18)10-7-11-15(17)20-12(2)13-8-5-4-6-9-13;;/h4-12H,3H2,1-2H3;;. The summed E-state index contributed by atoms with van der Waals surface area (Å²) in [5.74, 6) is 0.384. The van der Waals surface area contributed by atoms with Crippen molar-refractivity contribution in [3.05, 3.63) is 59.1 Å². The molecule has 5 heteroatoms. The maximum absolute atomic E-state index is 11.5. The number of rotatable bonds is 5.